The van der Waals surface area contributed by atoms with E-state index >= 15 is 0 Å². The largest absolute Gasteiger partial charge is 0.310 e. The van der Waals surface area contributed by atoms with Crippen LogP contribution in [0.2, 0.25) is 0 Å². The Balaban J connectivity index is 1.96. The van der Waals surface area contributed by atoms with Crippen molar-refractivity contribution < 1.29 is 4.79 Å². The van der Waals surface area contributed by atoms with E-state index in [-0.39, 0.29) is 5.91 Å². The van der Waals surface area contributed by atoms with Crippen molar-refractivity contribution >= 4 is 22.9 Å². The van der Waals surface area contributed by atoms with E-state index in [0.717, 1.165) is 29.7 Å². The van der Waals surface area contributed by atoms with Crippen LogP contribution in [0.25, 0.3) is 11.0 Å². The average Bonchev–Trinajstić information content (AvgIpc) is 2.85. The van der Waals surface area contributed by atoms with Gasteiger partial charge in [0, 0.05) is 12.2 Å². The maximum Gasteiger partial charge on any atom is 0.276 e. The van der Waals surface area contributed by atoms with Crippen LogP contribution < -0.4 is 5.32 Å². The zero-order chi connectivity index (χ0) is 15.5. The second kappa shape index (κ2) is 5.97. The number of fused-ring (bicyclic) bond motifs is 1. The Morgan fingerprint density at radius 2 is 1.95 bits per heavy atom. The van der Waals surface area contributed by atoms with Gasteiger partial charge >= 0.3 is 0 Å². The molecule has 5 heteroatoms. The molecule has 0 aliphatic heterocycles. The number of aromatic nitrogens is 3. The van der Waals surface area contributed by atoms with Crippen LogP contribution in [0.5, 0.6) is 0 Å². The first kappa shape index (κ1) is 14.3. The lowest BCUT2D eigenvalue weighted by atomic mass is 10.3. The third-order valence-corrected chi connectivity index (χ3v) is 3.45. The molecule has 1 amide bonds. The SMILES string of the molecule is CCCn1c(NC(=O)c2cccc(C)n2)nc2ccccc21. The van der Waals surface area contributed by atoms with Crippen molar-refractivity contribution in [3.63, 3.8) is 0 Å². The molecule has 1 aromatic carbocycles. The molecule has 0 saturated carbocycles. The van der Waals surface area contributed by atoms with Crippen LogP contribution in [-0.4, -0.2) is 20.4 Å². The van der Waals surface area contributed by atoms with Gasteiger partial charge in [-0.3, -0.25) is 10.1 Å². The fourth-order valence-corrected chi connectivity index (χ4v) is 2.46. The minimum absolute atomic E-state index is 0.239. The first-order valence-corrected chi connectivity index (χ1v) is 7.39. The van der Waals surface area contributed by atoms with Gasteiger partial charge in [0.2, 0.25) is 5.95 Å². The number of amides is 1. The first-order chi connectivity index (χ1) is 10.7. The molecular weight excluding hydrogens is 276 g/mol. The Bertz CT molecular complexity index is 822. The van der Waals surface area contributed by atoms with Crippen LogP contribution in [-0.2, 0) is 6.54 Å². The predicted octanol–water partition coefficient (Wildman–Crippen LogP) is 3.40. The Morgan fingerprint density at radius 1 is 1.14 bits per heavy atom. The molecule has 22 heavy (non-hydrogen) atoms. The summed E-state index contributed by atoms with van der Waals surface area (Å²) < 4.78 is 2.03. The van der Waals surface area contributed by atoms with Gasteiger partial charge in [-0.25, -0.2) is 9.97 Å². The fraction of sp³-hybridized carbons (Fsp3) is 0.235. The normalized spacial score (nSPS) is 10.8. The highest BCUT2D eigenvalue weighted by atomic mass is 16.2. The minimum atomic E-state index is -0.239. The number of hydrogen-bond donors (Lipinski definition) is 1. The summed E-state index contributed by atoms with van der Waals surface area (Å²) in [6.07, 6.45) is 0.964. The molecule has 0 saturated heterocycles. The van der Waals surface area contributed by atoms with Gasteiger partial charge in [-0.2, -0.15) is 0 Å². The number of anilines is 1. The van der Waals surface area contributed by atoms with Gasteiger partial charge in [-0.1, -0.05) is 25.1 Å². The Labute approximate surface area is 129 Å². The molecule has 0 unspecified atom stereocenters. The molecule has 5 nitrogen and oxygen atoms in total. The highest BCUT2D eigenvalue weighted by Gasteiger charge is 2.14. The number of nitrogens with zero attached hydrogens (tertiary/aromatic N) is 3. The van der Waals surface area contributed by atoms with E-state index in [0.29, 0.717) is 11.6 Å². The standard InChI is InChI=1S/C17H18N4O/c1-3-11-21-15-10-5-4-8-13(15)19-17(21)20-16(22)14-9-6-7-12(2)18-14/h4-10H,3,11H2,1-2H3,(H,19,20,22). The molecule has 0 fully saturated rings. The van der Waals surface area contributed by atoms with Crippen LogP contribution in [0.3, 0.4) is 0 Å². The molecule has 2 heterocycles. The van der Waals surface area contributed by atoms with Crippen molar-refractivity contribution in [1.82, 2.24) is 14.5 Å². The zero-order valence-electron chi connectivity index (χ0n) is 12.7. The van der Waals surface area contributed by atoms with E-state index in [9.17, 15) is 4.79 Å². The fourth-order valence-electron chi connectivity index (χ4n) is 2.46. The third kappa shape index (κ3) is 2.70. The van der Waals surface area contributed by atoms with Crippen LogP contribution in [0, 0.1) is 6.92 Å². The van der Waals surface area contributed by atoms with Crippen molar-refractivity contribution in [1.29, 1.82) is 0 Å². The minimum Gasteiger partial charge on any atom is -0.310 e. The lowest BCUT2D eigenvalue weighted by Gasteiger charge is -2.08. The van der Waals surface area contributed by atoms with Crippen molar-refractivity contribution in [3.05, 3.63) is 53.9 Å². The molecule has 0 aliphatic carbocycles. The number of aryl methyl sites for hydroxylation is 2. The highest BCUT2D eigenvalue weighted by molar-refractivity contribution is 6.02. The van der Waals surface area contributed by atoms with Gasteiger partial charge in [0.25, 0.3) is 5.91 Å². The maximum atomic E-state index is 12.4. The summed E-state index contributed by atoms with van der Waals surface area (Å²) >= 11 is 0. The zero-order valence-corrected chi connectivity index (χ0v) is 12.7. The van der Waals surface area contributed by atoms with E-state index in [4.69, 9.17) is 0 Å². The summed E-state index contributed by atoms with van der Waals surface area (Å²) in [5, 5.41) is 2.88. The summed E-state index contributed by atoms with van der Waals surface area (Å²) in [4.78, 5) is 21.1. The van der Waals surface area contributed by atoms with Gasteiger partial charge < -0.3 is 4.57 Å². The number of pyridine rings is 1. The summed E-state index contributed by atoms with van der Waals surface area (Å²) in [5.41, 5.74) is 3.12. The van der Waals surface area contributed by atoms with Crippen molar-refractivity contribution in [2.75, 3.05) is 5.32 Å². The molecule has 2 aromatic heterocycles. The lowest BCUT2D eigenvalue weighted by molar-refractivity contribution is 0.102. The first-order valence-electron chi connectivity index (χ1n) is 7.39. The molecule has 1 N–H and O–H groups in total. The summed E-state index contributed by atoms with van der Waals surface area (Å²) in [5.74, 6) is 0.327. The van der Waals surface area contributed by atoms with Crippen LogP contribution in [0.4, 0.5) is 5.95 Å². The quantitative estimate of drug-likeness (QED) is 0.802. The molecule has 0 atom stereocenters. The number of nitrogens with one attached hydrogen (secondary N) is 1. The molecule has 112 valence electrons. The highest BCUT2D eigenvalue weighted by Crippen LogP contribution is 2.20. The van der Waals surface area contributed by atoms with E-state index in [1.54, 1.807) is 6.07 Å². The molecule has 0 radical (unpaired) electrons. The van der Waals surface area contributed by atoms with Crippen molar-refractivity contribution in [2.45, 2.75) is 26.8 Å². The molecule has 3 rings (SSSR count). The smallest absolute Gasteiger partial charge is 0.276 e. The average molecular weight is 294 g/mol. The Kier molecular flexibility index (Phi) is 3.87. The topological polar surface area (TPSA) is 59.8 Å². The number of benzene rings is 1. The number of imidazole rings is 1. The molecule has 0 spiro atoms. The number of carbonyl (C=O) groups excluding carboxylic acids is 1. The van der Waals surface area contributed by atoms with Gasteiger partial charge in [0.1, 0.15) is 5.69 Å². The Morgan fingerprint density at radius 3 is 2.73 bits per heavy atom. The van der Waals surface area contributed by atoms with Gasteiger partial charge in [-0.05, 0) is 37.6 Å². The third-order valence-electron chi connectivity index (χ3n) is 3.45. The van der Waals surface area contributed by atoms with E-state index in [1.807, 2.05) is 47.9 Å². The molecule has 0 aliphatic rings. The maximum absolute atomic E-state index is 12.4. The van der Waals surface area contributed by atoms with Gasteiger partial charge in [0.15, 0.2) is 0 Å². The van der Waals surface area contributed by atoms with Crippen LogP contribution in [0.15, 0.2) is 42.5 Å². The summed E-state index contributed by atoms with van der Waals surface area (Å²) in [6.45, 7) is 4.77. The predicted molar refractivity (Wildman–Crippen MR) is 87.0 cm³/mol. The lowest BCUT2D eigenvalue weighted by Crippen LogP contribution is -2.17. The Hall–Kier alpha value is -2.69. The van der Waals surface area contributed by atoms with Gasteiger partial charge in [-0.15, -0.1) is 0 Å². The van der Waals surface area contributed by atoms with Crippen molar-refractivity contribution in [2.24, 2.45) is 0 Å². The number of hydrogen-bond acceptors (Lipinski definition) is 3. The van der Waals surface area contributed by atoms with Crippen molar-refractivity contribution in [3.8, 4) is 0 Å². The molecule has 3 aromatic rings. The van der Waals surface area contributed by atoms with Crippen LogP contribution in [0.1, 0.15) is 29.5 Å². The number of para-hydroxylation sites is 2. The monoisotopic (exact) mass is 294 g/mol. The van der Waals surface area contributed by atoms with Crippen LogP contribution >= 0.6 is 0 Å². The van der Waals surface area contributed by atoms with E-state index < -0.39 is 0 Å². The molecule has 0 bridgehead atoms. The second-order valence-corrected chi connectivity index (χ2v) is 5.19. The summed E-state index contributed by atoms with van der Waals surface area (Å²) in [7, 11) is 0. The number of rotatable bonds is 4. The second-order valence-electron chi connectivity index (χ2n) is 5.19. The number of carbonyl (C=O) groups is 1. The van der Waals surface area contributed by atoms with E-state index in [2.05, 4.69) is 22.2 Å². The van der Waals surface area contributed by atoms with E-state index in [1.165, 1.54) is 0 Å². The summed E-state index contributed by atoms with van der Waals surface area (Å²) in [6, 6.07) is 13.3. The molecular formula is C17H18N4O. The van der Waals surface area contributed by atoms with Gasteiger partial charge in [0.05, 0.1) is 11.0 Å².